The maximum atomic E-state index is 12.8. The van der Waals surface area contributed by atoms with Crippen LogP contribution < -0.4 is 5.73 Å². The van der Waals surface area contributed by atoms with Gasteiger partial charge < -0.3 is 10.6 Å². The van der Waals surface area contributed by atoms with Gasteiger partial charge in [0.25, 0.3) is 0 Å². The number of aromatic nitrogens is 2. The lowest BCUT2D eigenvalue weighted by molar-refractivity contribution is 0.102. The molecule has 2 aromatic rings. The highest BCUT2D eigenvalue weighted by molar-refractivity contribution is 9.10. The first-order valence-electron chi connectivity index (χ1n) is 6.67. The van der Waals surface area contributed by atoms with Gasteiger partial charge >= 0.3 is 0 Å². The van der Waals surface area contributed by atoms with Gasteiger partial charge in [0.2, 0.25) is 5.78 Å². The molecule has 0 aliphatic heterocycles. The van der Waals surface area contributed by atoms with E-state index in [1.807, 2.05) is 21.0 Å². The molecule has 112 valence electrons. The molecule has 0 saturated carbocycles. The van der Waals surface area contributed by atoms with Crippen LogP contribution in [0.2, 0.25) is 0 Å². The van der Waals surface area contributed by atoms with E-state index in [1.54, 1.807) is 29.1 Å². The molecule has 6 heteroatoms. The fourth-order valence-corrected chi connectivity index (χ4v) is 2.56. The van der Waals surface area contributed by atoms with Crippen LogP contribution in [0.1, 0.15) is 21.6 Å². The van der Waals surface area contributed by atoms with Crippen LogP contribution in [-0.4, -0.2) is 41.1 Å². The third-order valence-corrected chi connectivity index (χ3v) is 3.97. The standard InChI is InChI=1S/C15H19BrN4O/c1-10-11(5-4-6-13(10)17)15(21)14-12(16)9-18-20(14)8-7-19(2)3/h4-6,9H,7-8,17H2,1-3H3. The molecule has 2 rings (SSSR count). The van der Waals surface area contributed by atoms with Crippen molar-refractivity contribution in [2.75, 3.05) is 26.4 Å². The van der Waals surface area contributed by atoms with E-state index in [2.05, 4.69) is 25.9 Å². The number of anilines is 1. The number of carbonyl (C=O) groups excluding carboxylic acids is 1. The second-order valence-corrected chi connectivity index (χ2v) is 6.07. The molecule has 1 heterocycles. The van der Waals surface area contributed by atoms with Crippen molar-refractivity contribution in [3.05, 3.63) is 45.7 Å². The molecule has 2 N–H and O–H groups in total. The number of nitrogens with two attached hydrogens (primary N) is 1. The second kappa shape index (κ2) is 6.41. The fraction of sp³-hybridized carbons (Fsp3) is 0.333. The predicted octanol–water partition coefficient (Wildman–Crippen LogP) is 2.33. The van der Waals surface area contributed by atoms with E-state index in [1.165, 1.54) is 0 Å². The maximum Gasteiger partial charge on any atom is 0.212 e. The number of rotatable bonds is 5. The molecule has 0 amide bonds. The molecule has 0 bridgehead atoms. The van der Waals surface area contributed by atoms with Gasteiger partial charge in [0.05, 0.1) is 17.2 Å². The van der Waals surface area contributed by atoms with Crippen molar-refractivity contribution in [3.63, 3.8) is 0 Å². The summed E-state index contributed by atoms with van der Waals surface area (Å²) < 4.78 is 2.43. The molecule has 1 aromatic carbocycles. The Hall–Kier alpha value is -1.66. The summed E-state index contributed by atoms with van der Waals surface area (Å²) in [5, 5.41) is 4.28. The van der Waals surface area contributed by atoms with Gasteiger partial charge in [0.15, 0.2) is 0 Å². The van der Waals surface area contributed by atoms with Gasteiger partial charge in [-0.2, -0.15) is 5.10 Å². The predicted molar refractivity (Wildman–Crippen MR) is 87.5 cm³/mol. The van der Waals surface area contributed by atoms with Gasteiger partial charge in [-0.15, -0.1) is 0 Å². The number of benzene rings is 1. The molecule has 0 spiro atoms. The van der Waals surface area contributed by atoms with E-state index in [0.717, 1.165) is 12.1 Å². The van der Waals surface area contributed by atoms with Gasteiger partial charge in [0, 0.05) is 17.8 Å². The Morgan fingerprint density at radius 2 is 2.14 bits per heavy atom. The molecule has 0 saturated heterocycles. The average molecular weight is 351 g/mol. The summed E-state index contributed by atoms with van der Waals surface area (Å²) in [6.45, 7) is 3.32. The van der Waals surface area contributed by atoms with Crippen molar-refractivity contribution in [1.82, 2.24) is 14.7 Å². The summed E-state index contributed by atoms with van der Waals surface area (Å²) in [4.78, 5) is 14.9. The normalized spacial score (nSPS) is 11.1. The van der Waals surface area contributed by atoms with Gasteiger partial charge in [0.1, 0.15) is 5.69 Å². The highest BCUT2D eigenvalue weighted by Gasteiger charge is 2.21. The number of halogens is 1. The molecular weight excluding hydrogens is 332 g/mol. The number of nitrogen functional groups attached to an aromatic ring is 1. The van der Waals surface area contributed by atoms with Gasteiger partial charge in [-0.3, -0.25) is 9.48 Å². The lowest BCUT2D eigenvalue weighted by Crippen LogP contribution is -2.22. The molecule has 21 heavy (non-hydrogen) atoms. The minimum atomic E-state index is -0.0667. The van der Waals surface area contributed by atoms with Crippen LogP contribution in [0.5, 0.6) is 0 Å². The third kappa shape index (κ3) is 3.33. The fourth-order valence-electron chi connectivity index (χ4n) is 2.08. The Morgan fingerprint density at radius 1 is 1.43 bits per heavy atom. The first-order valence-corrected chi connectivity index (χ1v) is 7.47. The van der Waals surface area contributed by atoms with Crippen LogP contribution in [0.3, 0.4) is 0 Å². The van der Waals surface area contributed by atoms with Crippen molar-refractivity contribution in [2.24, 2.45) is 0 Å². The Kier molecular flexibility index (Phi) is 4.80. The van der Waals surface area contributed by atoms with E-state index >= 15 is 0 Å². The third-order valence-electron chi connectivity index (χ3n) is 3.39. The number of carbonyl (C=O) groups is 1. The second-order valence-electron chi connectivity index (χ2n) is 5.22. The summed E-state index contributed by atoms with van der Waals surface area (Å²) in [5.74, 6) is -0.0667. The molecule has 0 aliphatic rings. The van der Waals surface area contributed by atoms with Gasteiger partial charge in [-0.05, 0) is 48.6 Å². The molecule has 0 unspecified atom stereocenters. The molecule has 1 aromatic heterocycles. The Labute approximate surface area is 132 Å². The largest absolute Gasteiger partial charge is 0.398 e. The van der Waals surface area contributed by atoms with Crippen LogP contribution in [0, 0.1) is 6.92 Å². The van der Waals surface area contributed by atoms with Crippen molar-refractivity contribution >= 4 is 27.4 Å². The topological polar surface area (TPSA) is 64.2 Å². The molecular formula is C15H19BrN4O. The van der Waals surface area contributed by atoms with Crippen molar-refractivity contribution in [1.29, 1.82) is 0 Å². The molecule has 0 fully saturated rings. The summed E-state index contributed by atoms with van der Waals surface area (Å²) in [7, 11) is 3.98. The first kappa shape index (κ1) is 15.7. The number of nitrogens with zero attached hydrogens (tertiary/aromatic N) is 3. The lowest BCUT2D eigenvalue weighted by Gasteiger charge is -2.13. The Bertz CT molecular complexity index is 664. The number of hydrogen-bond donors (Lipinski definition) is 1. The minimum absolute atomic E-state index is 0.0667. The lowest BCUT2D eigenvalue weighted by atomic mass is 10.0. The monoisotopic (exact) mass is 350 g/mol. The Morgan fingerprint density at radius 3 is 2.81 bits per heavy atom. The average Bonchev–Trinajstić information content (AvgIpc) is 2.80. The van der Waals surface area contributed by atoms with Crippen LogP contribution in [-0.2, 0) is 6.54 Å². The van der Waals surface area contributed by atoms with Crippen molar-refractivity contribution in [2.45, 2.75) is 13.5 Å². The van der Waals surface area contributed by atoms with E-state index in [0.29, 0.717) is 28.0 Å². The quantitative estimate of drug-likeness (QED) is 0.663. The van der Waals surface area contributed by atoms with Crippen LogP contribution in [0.4, 0.5) is 5.69 Å². The summed E-state index contributed by atoms with van der Waals surface area (Å²) in [5.41, 5.74) is 8.49. The smallest absolute Gasteiger partial charge is 0.212 e. The number of hydrogen-bond acceptors (Lipinski definition) is 4. The van der Waals surface area contributed by atoms with E-state index < -0.39 is 0 Å². The van der Waals surface area contributed by atoms with Crippen LogP contribution in [0.15, 0.2) is 28.9 Å². The first-order chi connectivity index (χ1) is 9.91. The Balaban J connectivity index is 2.39. The summed E-state index contributed by atoms with van der Waals surface area (Å²) >= 11 is 3.42. The van der Waals surface area contributed by atoms with E-state index in [9.17, 15) is 4.79 Å². The summed E-state index contributed by atoms with van der Waals surface area (Å²) in [6.07, 6.45) is 1.66. The SMILES string of the molecule is Cc1c(N)cccc1C(=O)c1c(Br)cnn1CCN(C)C. The van der Waals surface area contributed by atoms with Crippen molar-refractivity contribution < 1.29 is 4.79 Å². The number of ketones is 1. The maximum absolute atomic E-state index is 12.8. The molecule has 0 radical (unpaired) electrons. The van der Waals surface area contributed by atoms with Gasteiger partial charge in [-0.1, -0.05) is 12.1 Å². The zero-order valence-corrected chi connectivity index (χ0v) is 14.0. The summed E-state index contributed by atoms with van der Waals surface area (Å²) in [6, 6.07) is 5.39. The van der Waals surface area contributed by atoms with Crippen LogP contribution in [0.25, 0.3) is 0 Å². The van der Waals surface area contributed by atoms with Crippen LogP contribution >= 0.6 is 15.9 Å². The highest BCUT2D eigenvalue weighted by atomic mass is 79.9. The van der Waals surface area contributed by atoms with E-state index in [4.69, 9.17) is 5.73 Å². The number of likely N-dealkylation sites (N-methyl/N-ethyl adjacent to an activating group) is 1. The van der Waals surface area contributed by atoms with E-state index in [-0.39, 0.29) is 5.78 Å². The van der Waals surface area contributed by atoms with Crippen molar-refractivity contribution in [3.8, 4) is 0 Å². The highest BCUT2D eigenvalue weighted by Crippen LogP contribution is 2.23. The zero-order valence-electron chi connectivity index (χ0n) is 12.4. The minimum Gasteiger partial charge on any atom is -0.398 e. The molecule has 0 aliphatic carbocycles. The zero-order chi connectivity index (χ0) is 15.6. The molecule has 0 atom stereocenters. The van der Waals surface area contributed by atoms with Gasteiger partial charge in [-0.25, -0.2) is 0 Å². The molecule has 5 nitrogen and oxygen atoms in total.